The number of carboxylic acid groups (broad SMARTS) is 1. The van der Waals surface area contributed by atoms with E-state index in [9.17, 15) is 9.59 Å². The van der Waals surface area contributed by atoms with Crippen LogP contribution in [-0.2, 0) is 9.59 Å². The molecule has 0 aliphatic carbocycles. The van der Waals surface area contributed by atoms with Crippen molar-refractivity contribution in [1.29, 1.82) is 0 Å². The zero-order valence-electron chi connectivity index (χ0n) is 15.9. The van der Waals surface area contributed by atoms with Gasteiger partial charge in [-0.3, -0.25) is 14.5 Å². The summed E-state index contributed by atoms with van der Waals surface area (Å²) in [4.78, 5) is 27.4. The summed E-state index contributed by atoms with van der Waals surface area (Å²) in [6, 6.07) is 5.53. The van der Waals surface area contributed by atoms with Crippen LogP contribution in [-0.4, -0.2) is 66.7 Å². The van der Waals surface area contributed by atoms with Crippen LogP contribution in [0.4, 0.5) is 0 Å². The Morgan fingerprint density at radius 1 is 1.27 bits per heavy atom. The summed E-state index contributed by atoms with van der Waals surface area (Å²) >= 11 is 0. The number of ether oxygens (including phenoxy) is 2. The van der Waals surface area contributed by atoms with Crippen LogP contribution in [0.2, 0.25) is 0 Å². The number of methoxy groups -OCH3 is 2. The lowest BCUT2D eigenvalue weighted by molar-refractivity contribution is -0.140. The zero-order chi connectivity index (χ0) is 19.3. The van der Waals surface area contributed by atoms with Crippen molar-refractivity contribution in [3.63, 3.8) is 0 Å². The number of rotatable bonds is 8. The molecule has 1 unspecified atom stereocenters. The molecule has 1 N–H and O–H groups in total. The lowest BCUT2D eigenvalue weighted by Crippen LogP contribution is -2.44. The number of amides is 1. The van der Waals surface area contributed by atoms with E-state index in [1.54, 1.807) is 19.1 Å². The Kier molecular flexibility index (Phi) is 6.85. The van der Waals surface area contributed by atoms with E-state index in [4.69, 9.17) is 14.6 Å². The summed E-state index contributed by atoms with van der Waals surface area (Å²) in [5, 5.41) is 9.06. The highest BCUT2D eigenvalue weighted by Crippen LogP contribution is 2.38. The molecule has 0 spiro atoms. The van der Waals surface area contributed by atoms with Crippen molar-refractivity contribution in [2.45, 2.75) is 38.8 Å². The Morgan fingerprint density at radius 2 is 2.00 bits per heavy atom. The molecule has 1 aromatic carbocycles. The molecule has 0 saturated carbocycles. The van der Waals surface area contributed by atoms with Gasteiger partial charge in [-0.15, -0.1) is 0 Å². The number of hydrogen-bond acceptors (Lipinski definition) is 5. The minimum Gasteiger partial charge on any atom is -0.497 e. The normalized spacial score (nSPS) is 17.0. The zero-order valence-corrected chi connectivity index (χ0v) is 15.9. The van der Waals surface area contributed by atoms with E-state index >= 15 is 0 Å². The largest absolute Gasteiger partial charge is 0.497 e. The molecule has 1 atom stereocenters. The summed E-state index contributed by atoms with van der Waals surface area (Å²) in [7, 11) is 3.20. The third-order valence-electron chi connectivity index (χ3n) is 4.78. The molecular weight excluding hydrogens is 336 g/mol. The molecular formula is C19H28N2O5. The summed E-state index contributed by atoms with van der Waals surface area (Å²) in [6.07, 6.45) is 1.77. The molecule has 26 heavy (non-hydrogen) atoms. The smallest absolute Gasteiger partial charge is 0.317 e. The second-order valence-corrected chi connectivity index (χ2v) is 6.75. The van der Waals surface area contributed by atoms with E-state index in [1.807, 2.05) is 36.9 Å². The lowest BCUT2D eigenvalue weighted by atomic mass is 10.0. The average Bonchev–Trinajstić information content (AvgIpc) is 3.09. The van der Waals surface area contributed by atoms with Crippen LogP contribution < -0.4 is 9.47 Å². The fourth-order valence-corrected chi connectivity index (χ4v) is 3.34. The average molecular weight is 364 g/mol. The maximum Gasteiger partial charge on any atom is 0.317 e. The van der Waals surface area contributed by atoms with Gasteiger partial charge in [-0.2, -0.15) is 0 Å². The Hall–Kier alpha value is -2.28. The summed E-state index contributed by atoms with van der Waals surface area (Å²) < 4.78 is 10.7. The molecule has 1 fully saturated rings. The highest BCUT2D eigenvalue weighted by Gasteiger charge is 2.33. The molecule has 0 bridgehead atoms. The van der Waals surface area contributed by atoms with Crippen molar-refractivity contribution in [2.75, 3.05) is 33.9 Å². The minimum absolute atomic E-state index is 0.0216. The van der Waals surface area contributed by atoms with Crippen LogP contribution in [0.5, 0.6) is 11.5 Å². The summed E-state index contributed by atoms with van der Waals surface area (Å²) in [5.41, 5.74) is 0.952. The fraction of sp³-hybridized carbons (Fsp3) is 0.579. The van der Waals surface area contributed by atoms with E-state index in [0.717, 1.165) is 18.4 Å². The van der Waals surface area contributed by atoms with Crippen LogP contribution in [0.1, 0.15) is 38.3 Å². The van der Waals surface area contributed by atoms with Crippen LogP contribution in [0.3, 0.4) is 0 Å². The van der Waals surface area contributed by atoms with Gasteiger partial charge in [-0.1, -0.05) is 0 Å². The van der Waals surface area contributed by atoms with Crippen molar-refractivity contribution in [3.8, 4) is 11.5 Å². The number of nitrogens with zero attached hydrogens (tertiary/aromatic N) is 2. The van der Waals surface area contributed by atoms with E-state index < -0.39 is 5.97 Å². The third kappa shape index (κ3) is 4.66. The molecule has 7 heteroatoms. The predicted molar refractivity (Wildman–Crippen MR) is 97.6 cm³/mol. The molecule has 1 aliphatic rings. The van der Waals surface area contributed by atoms with E-state index in [1.165, 1.54) is 0 Å². The Labute approximate surface area is 154 Å². The number of benzene rings is 1. The van der Waals surface area contributed by atoms with E-state index in [2.05, 4.69) is 0 Å². The SMILES string of the molecule is COc1ccc(C2CCCN2C(=O)CN(CC(=O)O)C(C)C)c(OC)c1. The van der Waals surface area contributed by atoms with Crippen LogP contribution in [0.25, 0.3) is 0 Å². The molecule has 1 aromatic rings. The molecule has 0 aromatic heterocycles. The molecule has 1 heterocycles. The summed E-state index contributed by atoms with van der Waals surface area (Å²) in [6.45, 7) is 4.40. The van der Waals surface area contributed by atoms with Gasteiger partial charge in [0.05, 0.1) is 33.4 Å². The first-order valence-corrected chi connectivity index (χ1v) is 8.84. The number of likely N-dealkylation sites (tertiary alicyclic amines) is 1. The highest BCUT2D eigenvalue weighted by atomic mass is 16.5. The van der Waals surface area contributed by atoms with Crippen LogP contribution >= 0.6 is 0 Å². The van der Waals surface area contributed by atoms with Crippen molar-refractivity contribution < 1.29 is 24.2 Å². The van der Waals surface area contributed by atoms with Gasteiger partial charge >= 0.3 is 5.97 Å². The fourth-order valence-electron chi connectivity index (χ4n) is 3.34. The first-order chi connectivity index (χ1) is 12.4. The van der Waals surface area contributed by atoms with E-state index in [-0.39, 0.29) is 31.1 Å². The Bertz CT molecular complexity index is 647. The maximum absolute atomic E-state index is 12.9. The minimum atomic E-state index is -0.929. The first-order valence-electron chi connectivity index (χ1n) is 8.84. The molecule has 2 rings (SSSR count). The van der Waals surface area contributed by atoms with Crippen molar-refractivity contribution in [3.05, 3.63) is 23.8 Å². The van der Waals surface area contributed by atoms with Crippen molar-refractivity contribution in [1.82, 2.24) is 9.80 Å². The second kappa shape index (κ2) is 8.89. The number of carbonyl (C=O) groups is 2. The third-order valence-corrected chi connectivity index (χ3v) is 4.78. The van der Waals surface area contributed by atoms with Gasteiger partial charge in [0, 0.05) is 24.2 Å². The van der Waals surface area contributed by atoms with Gasteiger partial charge in [-0.25, -0.2) is 0 Å². The molecule has 1 aliphatic heterocycles. The quantitative estimate of drug-likeness (QED) is 0.761. The molecule has 0 radical (unpaired) electrons. The lowest BCUT2D eigenvalue weighted by Gasteiger charge is -2.30. The number of carbonyl (C=O) groups excluding carboxylic acids is 1. The Balaban J connectivity index is 2.19. The van der Waals surface area contributed by atoms with Gasteiger partial charge in [0.25, 0.3) is 0 Å². The van der Waals surface area contributed by atoms with Crippen LogP contribution in [0, 0.1) is 0 Å². The summed E-state index contributed by atoms with van der Waals surface area (Å²) in [5.74, 6) is 0.413. The molecule has 144 valence electrons. The van der Waals surface area contributed by atoms with Crippen molar-refractivity contribution in [2.24, 2.45) is 0 Å². The topological polar surface area (TPSA) is 79.3 Å². The number of carboxylic acids is 1. The first kappa shape index (κ1) is 20.0. The molecule has 1 amide bonds. The van der Waals surface area contributed by atoms with Crippen LogP contribution in [0.15, 0.2) is 18.2 Å². The molecule has 7 nitrogen and oxygen atoms in total. The monoisotopic (exact) mass is 364 g/mol. The maximum atomic E-state index is 12.9. The predicted octanol–water partition coefficient (Wildman–Crippen LogP) is 2.16. The van der Waals surface area contributed by atoms with Gasteiger partial charge < -0.3 is 19.5 Å². The van der Waals surface area contributed by atoms with Gasteiger partial charge in [0.2, 0.25) is 5.91 Å². The van der Waals surface area contributed by atoms with Gasteiger partial charge in [0.15, 0.2) is 0 Å². The standard InChI is InChI=1S/C19H28N2O5/c1-13(2)20(12-19(23)24)11-18(22)21-9-5-6-16(21)15-8-7-14(25-3)10-17(15)26-4/h7-8,10,13,16H,5-6,9,11-12H2,1-4H3,(H,23,24). The Morgan fingerprint density at radius 3 is 2.58 bits per heavy atom. The van der Waals surface area contributed by atoms with Gasteiger partial charge in [0.1, 0.15) is 11.5 Å². The van der Waals surface area contributed by atoms with Crippen molar-refractivity contribution >= 4 is 11.9 Å². The number of hydrogen-bond donors (Lipinski definition) is 1. The molecule has 1 saturated heterocycles. The highest BCUT2D eigenvalue weighted by molar-refractivity contribution is 5.80. The van der Waals surface area contributed by atoms with E-state index in [0.29, 0.717) is 18.0 Å². The number of aliphatic carboxylic acids is 1. The second-order valence-electron chi connectivity index (χ2n) is 6.75. The van der Waals surface area contributed by atoms with Gasteiger partial charge in [-0.05, 0) is 38.8 Å².